The van der Waals surface area contributed by atoms with Gasteiger partial charge in [0.25, 0.3) is 0 Å². The Morgan fingerprint density at radius 1 is 1.10 bits per heavy atom. The lowest BCUT2D eigenvalue weighted by atomic mass is 9.98. The molecule has 3 rings (SSSR count). The first-order valence-corrected chi connectivity index (χ1v) is 10.9. The molecule has 0 N–H and O–H groups in total. The van der Waals surface area contributed by atoms with E-state index >= 15 is 0 Å². The van der Waals surface area contributed by atoms with E-state index in [1.165, 1.54) is 35.7 Å². The lowest BCUT2D eigenvalue weighted by Crippen LogP contribution is -2.40. The summed E-state index contributed by atoms with van der Waals surface area (Å²) in [6, 6.07) is 11.6. The SMILES string of the molecule is COc1ccc(F)cc1C(=O)COC(=O)C1CCN(S(=O)(=O)c2ccccc2)CC1. The van der Waals surface area contributed by atoms with E-state index < -0.39 is 40.1 Å². The molecule has 30 heavy (non-hydrogen) atoms. The Morgan fingerprint density at radius 3 is 2.40 bits per heavy atom. The van der Waals surface area contributed by atoms with Crippen LogP contribution in [0.4, 0.5) is 4.39 Å². The van der Waals surface area contributed by atoms with Crippen molar-refractivity contribution in [2.75, 3.05) is 26.8 Å². The monoisotopic (exact) mass is 435 g/mol. The fraction of sp³-hybridized carbons (Fsp3) is 0.333. The number of sulfonamides is 1. The summed E-state index contributed by atoms with van der Waals surface area (Å²) in [6.45, 7) is -0.174. The highest BCUT2D eigenvalue weighted by molar-refractivity contribution is 7.89. The summed E-state index contributed by atoms with van der Waals surface area (Å²) >= 11 is 0. The Kier molecular flexibility index (Phi) is 6.84. The Labute approximate surface area is 174 Å². The number of hydrogen-bond acceptors (Lipinski definition) is 6. The number of benzene rings is 2. The molecule has 2 aromatic carbocycles. The molecule has 1 saturated heterocycles. The van der Waals surface area contributed by atoms with Crippen molar-refractivity contribution in [3.05, 3.63) is 59.9 Å². The molecule has 0 amide bonds. The fourth-order valence-corrected chi connectivity index (χ4v) is 4.79. The van der Waals surface area contributed by atoms with Gasteiger partial charge in [-0.25, -0.2) is 12.8 Å². The first kappa shape index (κ1) is 21.9. The molecule has 1 aliphatic heterocycles. The summed E-state index contributed by atoms with van der Waals surface area (Å²) in [5.74, 6) is -2.07. The molecule has 1 aliphatic rings. The summed E-state index contributed by atoms with van der Waals surface area (Å²) in [5, 5.41) is 0. The first-order valence-electron chi connectivity index (χ1n) is 9.41. The van der Waals surface area contributed by atoms with Gasteiger partial charge in [-0.2, -0.15) is 4.31 Å². The summed E-state index contributed by atoms with van der Waals surface area (Å²) in [5.41, 5.74) is -0.00549. The van der Waals surface area contributed by atoms with Gasteiger partial charge >= 0.3 is 5.97 Å². The van der Waals surface area contributed by atoms with Crippen molar-refractivity contribution >= 4 is 21.8 Å². The number of hydrogen-bond donors (Lipinski definition) is 0. The average Bonchev–Trinajstić information content (AvgIpc) is 2.77. The van der Waals surface area contributed by atoms with Crippen LogP contribution in [-0.4, -0.2) is 51.3 Å². The lowest BCUT2D eigenvalue weighted by Gasteiger charge is -2.30. The van der Waals surface area contributed by atoms with E-state index in [2.05, 4.69) is 0 Å². The standard InChI is InChI=1S/C21H22FNO6S/c1-28-20-8-7-16(22)13-18(20)19(24)14-29-21(25)15-9-11-23(12-10-15)30(26,27)17-5-3-2-4-6-17/h2-8,13,15H,9-12,14H2,1H3. The van der Waals surface area contributed by atoms with E-state index in [-0.39, 0.29) is 29.3 Å². The summed E-state index contributed by atoms with van der Waals surface area (Å²) in [4.78, 5) is 24.8. The van der Waals surface area contributed by atoms with Crippen molar-refractivity contribution in [1.82, 2.24) is 4.31 Å². The van der Waals surface area contributed by atoms with Gasteiger partial charge in [0.1, 0.15) is 11.6 Å². The molecule has 1 heterocycles. The minimum atomic E-state index is -3.61. The Bertz CT molecular complexity index is 1020. The molecule has 0 unspecified atom stereocenters. The number of esters is 1. The van der Waals surface area contributed by atoms with Gasteiger partial charge in [0.15, 0.2) is 6.61 Å². The minimum Gasteiger partial charge on any atom is -0.496 e. The van der Waals surface area contributed by atoms with Gasteiger partial charge in [-0.05, 0) is 43.2 Å². The molecule has 7 nitrogen and oxygen atoms in total. The number of piperidine rings is 1. The first-order chi connectivity index (χ1) is 14.3. The quantitative estimate of drug-likeness (QED) is 0.491. The van der Waals surface area contributed by atoms with E-state index in [1.54, 1.807) is 18.2 Å². The second kappa shape index (κ2) is 9.36. The smallest absolute Gasteiger partial charge is 0.309 e. The zero-order valence-corrected chi connectivity index (χ0v) is 17.2. The van der Waals surface area contributed by atoms with Crippen molar-refractivity contribution in [3.63, 3.8) is 0 Å². The number of nitrogens with zero attached hydrogens (tertiary/aromatic N) is 1. The predicted molar refractivity (Wildman–Crippen MR) is 106 cm³/mol. The van der Waals surface area contributed by atoms with Crippen molar-refractivity contribution in [2.24, 2.45) is 5.92 Å². The topological polar surface area (TPSA) is 90.0 Å². The number of carbonyl (C=O) groups is 2. The highest BCUT2D eigenvalue weighted by atomic mass is 32.2. The summed E-state index contributed by atoms with van der Waals surface area (Å²) < 4.78 is 50.2. The molecule has 0 bridgehead atoms. The van der Waals surface area contributed by atoms with Gasteiger partial charge in [0, 0.05) is 13.1 Å². The van der Waals surface area contributed by atoms with Gasteiger partial charge in [-0.3, -0.25) is 9.59 Å². The maximum atomic E-state index is 13.4. The highest BCUT2D eigenvalue weighted by Gasteiger charge is 2.33. The lowest BCUT2D eigenvalue weighted by molar-refractivity contribution is -0.148. The zero-order valence-electron chi connectivity index (χ0n) is 16.4. The van der Waals surface area contributed by atoms with Crippen LogP contribution in [0, 0.1) is 11.7 Å². The van der Waals surface area contributed by atoms with Gasteiger partial charge < -0.3 is 9.47 Å². The third-order valence-electron chi connectivity index (χ3n) is 4.98. The van der Waals surface area contributed by atoms with Crippen LogP contribution in [0.1, 0.15) is 23.2 Å². The molecule has 2 aromatic rings. The molecule has 0 atom stereocenters. The van der Waals surface area contributed by atoms with Gasteiger partial charge in [-0.1, -0.05) is 18.2 Å². The molecular formula is C21H22FNO6S. The van der Waals surface area contributed by atoms with Gasteiger partial charge in [0.05, 0.1) is 23.5 Å². The molecule has 0 aromatic heterocycles. The van der Waals surface area contributed by atoms with E-state index in [1.807, 2.05) is 0 Å². The minimum absolute atomic E-state index is 0.00549. The van der Waals surface area contributed by atoms with E-state index in [9.17, 15) is 22.4 Å². The summed E-state index contributed by atoms with van der Waals surface area (Å²) in [7, 11) is -2.25. The van der Waals surface area contributed by atoms with Crippen LogP contribution in [0.15, 0.2) is 53.4 Å². The van der Waals surface area contributed by atoms with Crippen LogP contribution < -0.4 is 4.74 Å². The van der Waals surface area contributed by atoms with Crippen molar-refractivity contribution in [3.8, 4) is 5.75 Å². The van der Waals surface area contributed by atoms with Crippen LogP contribution in [0.2, 0.25) is 0 Å². The Balaban J connectivity index is 1.55. The molecule has 1 fully saturated rings. The maximum absolute atomic E-state index is 13.4. The molecule has 0 saturated carbocycles. The fourth-order valence-electron chi connectivity index (χ4n) is 3.30. The number of carbonyl (C=O) groups excluding carboxylic acids is 2. The van der Waals surface area contributed by atoms with Crippen molar-refractivity contribution in [1.29, 1.82) is 0 Å². The van der Waals surface area contributed by atoms with Gasteiger partial charge in [-0.15, -0.1) is 0 Å². The molecular weight excluding hydrogens is 413 g/mol. The van der Waals surface area contributed by atoms with Gasteiger partial charge in [0.2, 0.25) is 15.8 Å². The van der Waals surface area contributed by atoms with E-state index in [4.69, 9.17) is 9.47 Å². The third-order valence-corrected chi connectivity index (χ3v) is 6.89. The maximum Gasteiger partial charge on any atom is 0.309 e. The number of ketones is 1. The van der Waals surface area contributed by atoms with Crippen LogP contribution >= 0.6 is 0 Å². The number of rotatable bonds is 7. The molecule has 160 valence electrons. The third kappa shape index (κ3) is 4.85. The van der Waals surface area contributed by atoms with Crippen LogP contribution in [-0.2, 0) is 19.6 Å². The van der Waals surface area contributed by atoms with E-state index in [0.717, 1.165) is 6.07 Å². The second-order valence-corrected chi connectivity index (χ2v) is 8.80. The second-order valence-electron chi connectivity index (χ2n) is 6.87. The molecule has 0 aliphatic carbocycles. The van der Waals surface area contributed by atoms with Crippen LogP contribution in [0.5, 0.6) is 5.75 Å². The van der Waals surface area contributed by atoms with Crippen molar-refractivity contribution in [2.45, 2.75) is 17.7 Å². The average molecular weight is 435 g/mol. The van der Waals surface area contributed by atoms with Crippen molar-refractivity contribution < 1.29 is 31.9 Å². The van der Waals surface area contributed by atoms with Crippen LogP contribution in [0.3, 0.4) is 0 Å². The number of Topliss-reactive ketones (excluding diaryl/α,β-unsaturated/α-hetero) is 1. The zero-order chi connectivity index (χ0) is 21.7. The summed E-state index contributed by atoms with van der Waals surface area (Å²) in [6.07, 6.45) is 0.588. The number of ether oxygens (including phenoxy) is 2. The molecule has 9 heteroatoms. The number of methoxy groups -OCH3 is 1. The predicted octanol–water partition coefficient (Wildman–Crippen LogP) is 2.66. The van der Waals surface area contributed by atoms with Crippen LogP contribution in [0.25, 0.3) is 0 Å². The highest BCUT2D eigenvalue weighted by Crippen LogP contribution is 2.25. The molecule has 0 spiro atoms. The van der Waals surface area contributed by atoms with E-state index in [0.29, 0.717) is 12.8 Å². The number of halogens is 1. The normalized spacial score (nSPS) is 15.5. The molecule has 0 radical (unpaired) electrons. The Hall–Kier alpha value is -2.78. The largest absolute Gasteiger partial charge is 0.496 e. The Morgan fingerprint density at radius 2 is 1.77 bits per heavy atom.